The minimum absolute atomic E-state index is 0. The number of carbonyl (C=O) groups is 2. The number of rotatable bonds is 7. The van der Waals surface area contributed by atoms with E-state index in [0.29, 0.717) is 0 Å². The van der Waals surface area contributed by atoms with Gasteiger partial charge >= 0.3 is 41.5 Å². The number of ether oxygens (including phenoxy) is 2. The van der Waals surface area contributed by atoms with Crippen molar-refractivity contribution in [3.63, 3.8) is 0 Å². The van der Waals surface area contributed by atoms with Gasteiger partial charge in [0.15, 0.2) is 0 Å². The van der Waals surface area contributed by atoms with Crippen molar-refractivity contribution in [2.24, 2.45) is 11.8 Å². The standard InChI is InChI=1S/C16H22O7S.Na.H/c1-10(2)8-22-15(17)12-5-13(16(18)23-9-11(3)4)7-14(6-12)24(19,20)21;;/h5-7,10-11H,8-9H2,1-4H3,(H,19,20,21);;. The van der Waals surface area contributed by atoms with Gasteiger partial charge in [-0.2, -0.15) is 8.42 Å². The van der Waals surface area contributed by atoms with E-state index in [0.717, 1.165) is 12.1 Å². The monoisotopic (exact) mass is 382 g/mol. The Morgan fingerprint density at radius 1 is 0.920 bits per heavy atom. The summed E-state index contributed by atoms with van der Waals surface area (Å²) in [6, 6.07) is 3.09. The fourth-order valence-electron chi connectivity index (χ4n) is 1.64. The molecule has 7 nitrogen and oxygen atoms in total. The molecular weight excluding hydrogens is 359 g/mol. The van der Waals surface area contributed by atoms with E-state index in [2.05, 4.69) is 0 Å². The average Bonchev–Trinajstić information content (AvgIpc) is 2.48. The molecule has 25 heavy (non-hydrogen) atoms. The van der Waals surface area contributed by atoms with Crippen LogP contribution in [0, 0.1) is 11.8 Å². The summed E-state index contributed by atoms with van der Waals surface area (Å²) in [5.74, 6) is -1.39. The molecule has 0 amide bonds. The molecule has 0 saturated heterocycles. The van der Waals surface area contributed by atoms with Gasteiger partial charge in [0.1, 0.15) is 0 Å². The second-order valence-corrected chi connectivity index (χ2v) is 7.63. The van der Waals surface area contributed by atoms with Crippen LogP contribution in [-0.4, -0.2) is 67.7 Å². The van der Waals surface area contributed by atoms with E-state index < -0.39 is 27.0 Å². The van der Waals surface area contributed by atoms with Crippen LogP contribution in [0.1, 0.15) is 48.4 Å². The Hall–Kier alpha value is -0.930. The van der Waals surface area contributed by atoms with Crippen molar-refractivity contribution in [3.05, 3.63) is 29.3 Å². The van der Waals surface area contributed by atoms with Gasteiger partial charge in [-0.05, 0) is 30.0 Å². The molecule has 0 bridgehead atoms. The van der Waals surface area contributed by atoms with Crippen molar-refractivity contribution < 1.29 is 32.0 Å². The minimum atomic E-state index is -4.59. The van der Waals surface area contributed by atoms with Crippen LogP contribution in [0.4, 0.5) is 0 Å². The van der Waals surface area contributed by atoms with Gasteiger partial charge in [0.05, 0.1) is 29.2 Å². The molecule has 9 heteroatoms. The van der Waals surface area contributed by atoms with E-state index in [4.69, 9.17) is 9.47 Å². The molecule has 1 rings (SSSR count). The Bertz CT molecular complexity index is 669. The topological polar surface area (TPSA) is 107 Å². The van der Waals surface area contributed by atoms with Gasteiger partial charge in [-0.15, -0.1) is 0 Å². The molecule has 0 aromatic heterocycles. The molecule has 0 unspecified atom stereocenters. The number of esters is 2. The van der Waals surface area contributed by atoms with E-state index in [-0.39, 0.29) is 65.7 Å². The predicted molar refractivity (Wildman–Crippen MR) is 93.6 cm³/mol. The molecule has 0 aliphatic carbocycles. The van der Waals surface area contributed by atoms with Crippen LogP contribution >= 0.6 is 0 Å². The third-order valence-electron chi connectivity index (χ3n) is 2.77. The number of hydrogen-bond acceptors (Lipinski definition) is 6. The van der Waals surface area contributed by atoms with Crippen molar-refractivity contribution >= 4 is 51.6 Å². The summed E-state index contributed by atoms with van der Waals surface area (Å²) in [7, 11) is -4.59. The molecule has 0 spiro atoms. The molecular formula is C16H23NaO7S. The molecule has 0 aliphatic rings. The molecule has 1 aromatic rings. The predicted octanol–water partition coefficient (Wildman–Crippen LogP) is 1.91. The van der Waals surface area contributed by atoms with E-state index in [1.165, 1.54) is 6.07 Å². The second kappa shape index (κ2) is 10.3. The normalized spacial score (nSPS) is 11.2. The van der Waals surface area contributed by atoms with Crippen molar-refractivity contribution in [2.75, 3.05) is 13.2 Å². The molecule has 0 fully saturated rings. The fourth-order valence-corrected chi connectivity index (χ4v) is 2.19. The summed E-state index contributed by atoms with van der Waals surface area (Å²) in [5, 5.41) is 0. The zero-order valence-electron chi connectivity index (χ0n) is 14.1. The first-order valence-corrected chi connectivity index (χ1v) is 8.91. The number of benzene rings is 1. The van der Waals surface area contributed by atoms with Crippen molar-refractivity contribution in [2.45, 2.75) is 32.6 Å². The quantitative estimate of drug-likeness (QED) is 0.436. The summed E-state index contributed by atoms with van der Waals surface area (Å²) >= 11 is 0. The van der Waals surface area contributed by atoms with Gasteiger partial charge in [0.25, 0.3) is 10.1 Å². The third kappa shape index (κ3) is 8.33. The Morgan fingerprint density at radius 2 is 1.28 bits per heavy atom. The molecule has 0 heterocycles. The summed E-state index contributed by atoms with van der Waals surface area (Å²) in [6.45, 7) is 7.66. The Labute approximate surface area is 170 Å². The fraction of sp³-hybridized carbons (Fsp3) is 0.500. The molecule has 1 N–H and O–H groups in total. The summed E-state index contributed by atoms with van der Waals surface area (Å²) in [5.41, 5.74) is -0.301. The van der Waals surface area contributed by atoms with Crippen molar-refractivity contribution in [1.82, 2.24) is 0 Å². The molecule has 0 aliphatic heterocycles. The molecule has 0 atom stereocenters. The van der Waals surface area contributed by atoms with Crippen LogP contribution in [0.15, 0.2) is 23.1 Å². The zero-order valence-corrected chi connectivity index (χ0v) is 14.9. The average molecular weight is 382 g/mol. The van der Waals surface area contributed by atoms with E-state index >= 15 is 0 Å². The van der Waals surface area contributed by atoms with Gasteiger partial charge in [0, 0.05) is 0 Å². The first kappa shape index (κ1) is 24.1. The zero-order chi connectivity index (χ0) is 18.5. The van der Waals surface area contributed by atoms with Crippen LogP contribution < -0.4 is 0 Å². The van der Waals surface area contributed by atoms with Crippen LogP contribution in [0.5, 0.6) is 0 Å². The van der Waals surface area contributed by atoms with Crippen molar-refractivity contribution in [1.29, 1.82) is 0 Å². The SMILES string of the molecule is CC(C)COC(=O)c1cc(C(=O)OCC(C)C)cc(S(=O)(=O)O)c1.[NaH]. The first-order chi connectivity index (χ1) is 11.0. The molecule has 0 radical (unpaired) electrons. The Balaban J connectivity index is 0.00000576. The Kier molecular flexibility index (Phi) is 9.89. The third-order valence-corrected chi connectivity index (χ3v) is 3.60. The molecule has 136 valence electrons. The van der Waals surface area contributed by atoms with Crippen molar-refractivity contribution in [3.8, 4) is 0 Å². The summed E-state index contributed by atoms with van der Waals surface area (Å²) in [4.78, 5) is 23.5. The number of hydrogen-bond donors (Lipinski definition) is 1. The Morgan fingerprint density at radius 3 is 1.56 bits per heavy atom. The van der Waals surface area contributed by atoms with Gasteiger partial charge in [-0.1, -0.05) is 27.7 Å². The maximum absolute atomic E-state index is 12.0. The van der Waals surface area contributed by atoms with Crippen LogP contribution in [0.25, 0.3) is 0 Å². The summed E-state index contributed by atoms with van der Waals surface area (Å²) in [6.07, 6.45) is 0. The van der Waals surface area contributed by atoms with Crippen LogP contribution in [0.2, 0.25) is 0 Å². The number of carbonyl (C=O) groups excluding carboxylic acids is 2. The van der Waals surface area contributed by atoms with Gasteiger partial charge < -0.3 is 9.47 Å². The van der Waals surface area contributed by atoms with E-state index in [1.807, 2.05) is 27.7 Å². The summed E-state index contributed by atoms with van der Waals surface area (Å²) < 4.78 is 42.0. The van der Waals surface area contributed by atoms with Gasteiger partial charge in [-0.3, -0.25) is 4.55 Å². The molecule has 1 aromatic carbocycles. The van der Waals surface area contributed by atoms with Crippen LogP contribution in [-0.2, 0) is 19.6 Å². The second-order valence-electron chi connectivity index (χ2n) is 6.21. The van der Waals surface area contributed by atoms with E-state index in [9.17, 15) is 22.6 Å². The maximum atomic E-state index is 12.0. The van der Waals surface area contributed by atoms with E-state index in [1.54, 1.807) is 0 Å². The van der Waals surface area contributed by atoms with Gasteiger partial charge in [0.2, 0.25) is 0 Å². The molecule has 0 saturated carbocycles. The van der Waals surface area contributed by atoms with Crippen LogP contribution in [0.3, 0.4) is 0 Å². The van der Waals surface area contributed by atoms with Gasteiger partial charge in [-0.25, -0.2) is 9.59 Å². The first-order valence-electron chi connectivity index (χ1n) is 7.47.